The van der Waals surface area contributed by atoms with Crippen LogP contribution in [0.5, 0.6) is 0 Å². The van der Waals surface area contributed by atoms with Gasteiger partial charge in [0.15, 0.2) is 0 Å². The number of aromatic nitrogens is 2. The largest absolute Gasteiger partial charge is 0.395 e. The monoisotopic (exact) mass is 369 g/mol. The molecule has 2 aromatic rings. The number of fused-ring (bicyclic) bond motifs is 1. The lowest BCUT2D eigenvalue weighted by atomic mass is 10.2. The first kappa shape index (κ1) is 19.0. The highest BCUT2D eigenvalue weighted by Crippen LogP contribution is 2.26. The van der Waals surface area contributed by atoms with Gasteiger partial charge in [-0.05, 0) is 33.3 Å². The maximum Gasteiger partial charge on any atom is 0.259 e. The van der Waals surface area contributed by atoms with Crippen molar-refractivity contribution in [3.63, 3.8) is 0 Å². The van der Waals surface area contributed by atoms with Gasteiger partial charge < -0.3 is 15.0 Å². The lowest BCUT2D eigenvalue weighted by molar-refractivity contribution is -0.130. The summed E-state index contributed by atoms with van der Waals surface area (Å²) in [5, 5.41) is 9.42. The number of carbonyl (C=O) groups excluding carboxylic acids is 1. The second-order valence-electron chi connectivity index (χ2n) is 5.57. The van der Waals surface area contributed by atoms with Gasteiger partial charge in [-0.15, -0.1) is 23.1 Å². The highest BCUT2D eigenvalue weighted by molar-refractivity contribution is 7.99. The van der Waals surface area contributed by atoms with E-state index in [2.05, 4.69) is 9.97 Å². The average molecular weight is 370 g/mol. The van der Waals surface area contributed by atoms with E-state index < -0.39 is 0 Å². The highest BCUT2D eigenvalue weighted by atomic mass is 32.2. The predicted molar refractivity (Wildman–Crippen MR) is 99.8 cm³/mol. The first-order valence-electron chi connectivity index (χ1n) is 7.89. The first-order valence-corrected chi connectivity index (χ1v) is 9.75. The van der Waals surface area contributed by atoms with Crippen molar-refractivity contribution in [1.82, 2.24) is 14.9 Å². The number of thioether (sulfide) groups is 1. The van der Waals surface area contributed by atoms with Crippen molar-refractivity contribution < 1.29 is 9.90 Å². The molecule has 0 bridgehead atoms. The predicted octanol–water partition coefficient (Wildman–Crippen LogP) is 2.06. The Hall–Kier alpha value is -1.38. The maximum absolute atomic E-state index is 12.3. The van der Waals surface area contributed by atoms with Gasteiger partial charge in [0.05, 0.1) is 23.0 Å². The summed E-state index contributed by atoms with van der Waals surface area (Å²) in [5.41, 5.74) is 0.862. The molecule has 1 unspecified atom stereocenters. The molecule has 0 spiro atoms. The lowest BCUT2D eigenvalue weighted by Crippen LogP contribution is -2.38. The summed E-state index contributed by atoms with van der Waals surface area (Å²) in [4.78, 5) is 35.4. The summed E-state index contributed by atoms with van der Waals surface area (Å²) < 4.78 is 0. The molecule has 1 amide bonds. The molecular weight excluding hydrogens is 346 g/mol. The zero-order valence-corrected chi connectivity index (χ0v) is 16.0. The van der Waals surface area contributed by atoms with E-state index in [0.29, 0.717) is 30.1 Å². The van der Waals surface area contributed by atoms with Crippen molar-refractivity contribution in [3.8, 4) is 0 Å². The van der Waals surface area contributed by atoms with E-state index in [1.54, 1.807) is 4.90 Å². The van der Waals surface area contributed by atoms with E-state index in [1.807, 2.05) is 27.7 Å². The number of amides is 1. The Kier molecular flexibility index (Phi) is 6.42. The fraction of sp³-hybridized carbons (Fsp3) is 0.562. The van der Waals surface area contributed by atoms with Gasteiger partial charge in [0, 0.05) is 18.0 Å². The number of hydrogen-bond donors (Lipinski definition) is 2. The zero-order chi connectivity index (χ0) is 17.9. The van der Waals surface area contributed by atoms with Gasteiger partial charge in [-0.25, -0.2) is 4.98 Å². The van der Waals surface area contributed by atoms with Crippen LogP contribution in [0, 0.1) is 13.8 Å². The van der Waals surface area contributed by atoms with Crippen molar-refractivity contribution in [2.75, 3.05) is 19.7 Å². The van der Waals surface area contributed by atoms with Crippen LogP contribution in [0.25, 0.3) is 10.2 Å². The summed E-state index contributed by atoms with van der Waals surface area (Å²) in [5.74, 6) is 1.04. The van der Waals surface area contributed by atoms with Crippen LogP contribution >= 0.6 is 23.1 Å². The molecule has 2 heterocycles. The van der Waals surface area contributed by atoms with Crippen LogP contribution in [0.2, 0.25) is 0 Å². The van der Waals surface area contributed by atoms with Crippen LogP contribution < -0.4 is 5.56 Å². The maximum atomic E-state index is 12.3. The second-order valence-corrected chi connectivity index (χ2v) is 8.10. The van der Waals surface area contributed by atoms with Gasteiger partial charge in [0.2, 0.25) is 5.91 Å². The van der Waals surface area contributed by atoms with E-state index >= 15 is 0 Å². The molecule has 0 fully saturated rings. The number of rotatable bonds is 7. The summed E-state index contributed by atoms with van der Waals surface area (Å²) in [6.07, 6.45) is 0. The van der Waals surface area contributed by atoms with Crippen LogP contribution in [0.15, 0.2) is 4.79 Å². The molecule has 6 nitrogen and oxygen atoms in total. The number of hydrogen-bond acceptors (Lipinski definition) is 6. The summed E-state index contributed by atoms with van der Waals surface area (Å²) >= 11 is 2.95. The van der Waals surface area contributed by atoms with Gasteiger partial charge in [-0.3, -0.25) is 9.59 Å². The zero-order valence-electron chi connectivity index (χ0n) is 14.4. The standard InChI is InChI=1S/C16H23N3O3S2/c1-5-19(6-7-20)16(22)11(4)23-8-12-17-14(21)13-9(2)10(3)24-15(13)18-12/h11,20H,5-8H2,1-4H3,(H,17,18,21). The van der Waals surface area contributed by atoms with Crippen LogP contribution in [-0.2, 0) is 10.5 Å². The normalized spacial score (nSPS) is 12.5. The third-order valence-electron chi connectivity index (χ3n) is 3.97. The number of nitrogens with zero attached hydrogens (tertiary/aromatic N) is 2. The smallest absolute Gasteiger partial charge is 0.259 e. The lowest BCUT2D eigenvalue weighted by Gasteiger charge is -2.23. The molecular formula is C16H23N3O3S2. The second kappa shape index (κ2) is 8.13. The minimum absolute atomic E-state index is 0.0113. The van der Waals surface area contributed by atoms with E-state index in [1.165, 1.54) is 23.1 Å². The Balaban J connectivity index is 2.10. The molecule has 132 valence electrons. The van der Waals surface area contributed by atoms with Gasteiger partial charge in [0.25, 0.3) is 5.56 Å². The van der Waals surface area contributed by atoms with Crippen LogP contribution in [0.1, 0.15) is 30.1 Å². The van der Waals surface area contributed by atoms with Gasteiger partial charge in [0.1, 0.15) is 10.7 Å². The third kappa shape index (κ3) is 3.99. The SMILES string of the molecule is CCN(CCO)C(=O)C(C)SCc1nc2sc(C)c(C)c2c(=O)[nH]1. The average Bonchev–Trinajstić information content (AvgIpc) is 2.84. The van der Waals surface area contributed by atoms with Crippen molar-refractivity contribution in [2.24, 2.45) is 0 Å². The Labute approximate surface area is 149 Å². The summed E-state index contributed by atoms with van der Waals surface area (Å²) in [6.45, 7) is 8.51. The molecule has 0 saturated heterocycles. The van der Waals surface area contributed by atoms with Gasteiger partial charge in [-0.1, -0.05) is 0 Å². The number of thiophene rings is 1. The third-order valence-corrected chi connectivity index (χ3v) is 6.21. The van der Waals surface area contributed by atoms with E-state index in [-0.39, 0.29) is 23.3 Å². The van der Waals surface area contributed by atoms with Gasteiger partial charge >= 0.3 is 0 Å². The fourth-order valence-electron chi connectivity index (χ4n) is 2.44. The number of aromatic amines is 1. The number of carbonyl (C=O) groups is 1. The number of likely N-dealkylation sites (N-methyl/N-ethyl adjacent to an activating group) is 1. The quantitative estimate of drug-likeness (QED) is 0.780. The van der Waals surface area contributed by atoms with Gasteiger partial charge in [-0.2, -0.15) is 0 Å². The van der Waals surface area contributed by atoms with Crippen molar-refractivity contribution in [2.45, 2.75) is 38.7 Å². The van der Waals surface area contributed by atoms with Crippen LogP contribution in [0.4, 0.5) is 0 Å². The van der Waals surface area contributed by atoms with Crippen LogP contribution in [0.3, 0.4) is 0 Å². The molecule has 0 aliphatic carbocycles. The molecule has 1 atom stereocenters. The molecule has 2 aromatic heterocycles. The van der Waals surface area contributed by atoms with E-state index in [4.69, 9.17) is 5.11 Å². The Morgan fingerprint density at radius 2 is 2.17 bits per heavy atom. The minimum Gasteiger partial charge on any atom is -0.395 e. The Bertz CT molecular complexity index is 785. The molecule has 2 rings (SSSR count). The highest BCUT2D eigenvalue weighted by Gasteiger charge is 2.20. The number of aryl methyl sites for hydroxylation is 2. The van der Waals surface area contributed by atoms with E-state index in [9.17, 15) is 9.59 Å². The molecule has 0 radical (unpaired) electrons. The summed E-state index contributed by atoms with van der Waals surface area (Å²) in [7, 11) is 0. The van der Waals surface area contributed by atoms with Crippen molar-refractivity contribution in [1.29, 1.82) is 0 Å². The molecule has 8 heteroatoms. The molecule has 0 aromatic carbocycles. The Morgan fingerprint density at radius 1 is 1.46 bits per heavy atom. The van der Waals surface area contributed by atoms with E-state index in [0.717, 1.165) is 15.3 Å². The van der Waals surface area contributed by atoms with Crippen LogP contribution in [-0.4, -0.2) is 50.8 Å². The van der Waals surface area contributed by atoms with Crippen molar-refractivity contribution >= 4 is 39.2 Å². The molecule has 2 N–H and O–H groups in total. The fourth-order valence-corrected chi connectivity index (χ4v) is 4.33. The Morgan fingerprint density at radius 3 is 2.79 bits per heavy atom. The number of aliphatic hydroxyl groups is 1. The minimum atomic E-state index is -0.260. The molecule has 0 aliphatic rings. The molecule has 0 aliphatic heterocycles. The number of H-pyrrole nitrogens is 1. The molecule has 24 heavy (non-hydrogen) atoms. The molecule has 0 saturated carbocycles. The number of nitrogens with one attached hydrogen (secondary N) is 1. The topological polar surface area (TPSA) is 86.3 Å². The van der Waals surface area contributed by atoms with Crippen molar-refractivity contribution in [3.05, 3.63) is 26.6 Å². The first-order chi connectivity index (χ1) is 11.4. The summed E-state index contributed by atoms with van der Waals surface area (Å²) in [6, 6.07) is 0. The number of aliphatic hydroxyl groups excluding tert-OH is 1.